The van der Waals surface area contributed by atoms with E-state index >= 15 is 0 Å². The van der Waals surface area contributed by atoms with Gasteiger partial charge in [0.05, 0.1) is 11.1 Å². The fourth-order valence-electron chi connectivity index (χ4n) is 3.69. The van der Waals surface area contributed by atoms with Crippen molar-refractivity contribution in [3.05, 3.63) is 107 Å². The zero-order valence-electron chi connectivity index (χ0n) is 16.5. The number of Topliss-reactive ketones (excluding diaryl/α,β-unsaturated/α-hetero) is 1. The van der Waals surface area contributed by atoms with Crippen molar-refractivity contribution in [1.82, 2.24) is 4.40 Å². The van der Waals surface area contributed by atoms with Crippen LogP contribution in [0.5, 0.6) is 5.75 Å². The van der Waals surface area contributed by atoms with E-state index in [2.05, 4.69) is 0 Å². The lowest BCUT2D eigenvalue weighted by atomic mass is 10.0. The van der Waals surface area contributed by atoms with Gasteiger partial charge in [-0.05, 0) is 47.3 Å². The number of ketones is 1. The van der Waals surface area contributed by atoms with E-state index in [4.69, 9.17) is 16.3 Å². The first-order valence-corrected chi connectivity index (χ1v) is 10.0. The Morgan fingerprint density at radius 3 is 2.17 bits per heavy atom. The summed E-state index contributed by atoms with van der Waals surface area (Å²) < 4.78 is 7.99. The molecule has 2 aromatic heterocycles. The number of carbonyl (C=O) groups excluding carboxylic acids is 2. The minimum absolute atomic E-state index is 0.296. The summed E-state index contributed by atoms with van der Waals surface area (Å²) in [7, 11) is 0. The number of halogens is 1. The molecule has 4 aromatic rings. The predicted octanol–water partition coefficient (Wildman–Crippen LogP) is 5.37. The highest BCUT2D eigenvalue weighted by molar-refractivity contribution is 6.83. The van der Waals surface area contributed by atoms with Gasteiger partial charge in [-0.1, -0.05) is 60.7 Å². The van der Waals surface area contributed by atoms with Crippen molar-refractivity contribution in [3.8, 4) is 5.75 Å². The zero-order valence-corrected chi connectivity index (χ0v) is 17.2. The summed E-state index contributed by atoms with van der Waals surface area (Å²) in [6.45, 7) is 2.19. The fraction of sp³-hybridized carbons (Fsp3) is 0.120. The minimum Gasteiger partial charge on any atom is -0.487 e. The molecule has 30 heavy (non-hydrogen) atoms. The molecule has 0 aliphatic carbocycles. The Bertz CT molecular complexity index is 1210. The number of carbonyl (C=O) groups is 2. The maximum absolute atomic E-state index is 12.7. The van der Waals surface area contributed by atoms with Crippen molar-refractivity contribution in [1.29, 1.82) is 0 Å². The average Bonchev–Trinajstić information content (AvgIpc) is 3.05. The first kappa shape index (κ1) is 19.9. The summed E-state index contributed by atoms with van der Waals surface area (Å²) in [6, 6.07) is 23.4. The largest absolute Gasteiger partial charge is 0.487 e. The molecule has 2 aromatic carbocycles. The third kappa shape index (κ3) is 3.87. The van der Waals surface area contributed by atoms with Crippen LogP contribution >= 0.6 is 11.6 Å². The monoisotopic (exact) mass is 417 g/mol. The molecule has 0 bridgehead atoms. The lowest BCUT2D eigenvalue weighted by molar-refractivity contribution is -0.108. The molecule has 0 N–H and O–H groups in total. The van der Waals surface area contributed by atoms with Gasteiger partial charge in [0.25, 0.3) is 5.24 Å². The topological polar surface area (TPSA) is 47.8 Å². The second-order valence-electron chi connectivity index (χ2n) is 7.08. The van der Waals surface area contributed by atoms with E-state index in [1.807, 2.05) is 84.3 Å². The van der Waals surface area contributed by atoms with Gasteiger partial charge in [-0.2, -0.15) is 0 Å². The molecule has 4 nitrogen and oxygen atoms in total. The van der Waals surface area contributed by atoms with Gasteiger partial charge < -0.3 is 9.14 Å². The molecule has 0 saturated heterocycles. The van der Waals surface area contributed by atoms with E-state index in [0.29, 0.717) is 29.9 Å². The Morgan fingerprint density at radius 2 is 1.53 bits per heavy atom. The number of fused-ring (bicyclic) bond motifs is 1. The second-order valence-corrected chi connectivity index (χ2v) is 7.42. The highest BCUT2D eigenvalue weighted by Crippen LogP contribution is 2.33. The highest BCUT2D eigenvalue weighted by Gasteiger charge is 2.26. The van der Waals surface area contributed by atoms with Crippen molar-refractivity contribution < 1.29 is 14.3 Å². The van der Waals surface area contributed by atoms with Crippen LogP contribution in [0.1, 0.15) is 32.7 Å². The summed E-state index contributed by atoms with van der Waals surface area (Å²) in [5.41, 5.74) is 4.62. The number of nitrogens with zero attached hydrogens (tertiary/aromatic N) is 1. The fourth-order valence-corrected chi connectivity index (χ4v) is 3.79. The predicted molar refractivity (Wildman–Crippen MR) is 117 cm³/mol. The number of aromatic nitrogens is 1. The maximum Gasteiger partial charge on any atom is 0.293 e. The van der Waals surface area contributed by atoms with Crippen LogP contribution in [-0.4, -0.2) is 15.4 Å². The van der Waals surface area contributed by atoms with E-state index in [0.717, 1.165) is 22.4 Å². The van der Waals surface area contributed by atoms with Crippen molar-refractivity contribution >= 4 is 28.1 Å². The number of hydrogen-bond acceptors (Lipinski definition) is 3. The minimum atomic E-state index is -1.00. The Balaban J connectivity index is 1.84. The molecule has 4 rings (SSSR count). The number of pyridine rings is 1. The molecular weight excluding hydrogens is 398 g/mol. The summed E-state index contributed by atoms with van der Waals surface area (Å²) in [6.07, 6.45) is 2.49. The van der Waals surface area contributed by atoms with Crippen LogP contribution in [0.25, 0.3) is 5.52 Å². The van der Waals surface area contributed by atoms with Crippen LogP contribution in [0.4, 0.5) is 0 Å². The normalized spacial score (nSPS) is 10.9. The molecule has 2 heterocycles. The first-order valence-electron chi connectivity index (χ1n) is 9.63. The molecule has 0 aliphatic heterocycles. The molecule has 150 valence electrons. The molecular formula is C25H20ClNO3. The van der Waals surface area contributed by atoms with Gasteiger partial charge in [0.1, 0.15) is 12.4 Å². The molecule has 5 heteroatoms. The number of hydrogen-bond donors (Lipinski definition) is 0. The van der Waals surface area contributed by atoms with Crippen molar-refractivity contribution in [2.75, 3.05) is 0 Å². The standard InChI is InChI=1S/C25H20ClNO3/c1-17-20(15-18-9-4-2-5-10-18)27-14-8-13-21(23(27)22(17)24(28)25(26)29)30-16-19-11-6-3-7-12-19/h2-14H,15-16H2,1H3. The van der Waals surface area contributed by atoms with E-state index in [9.17, 15) is 9.59 Å². The van der Waals surface area contributed by atoms with Crippen molar-refractivity contribution in [3.63, 3.8) is 0 Å². The molecule has 0 saturated carbocycles. The van der Waals surface area contributed by atoms with Gasteiger partial charge in [0.2, 0.25) is 5.78 Å². The molecule has 0 spiro atoms. The van der Waals surface area contributed by atoms with Crippen LogP contribution in [0.2, 0.25) is 0 Å². The van der Waals surface area contributed by atoms with Crippen molar-refractivity contribution in [2.24, 2.45) is 0 Å². The molecule has 0 radical (unpaired) electrons. The smallest absolute Gasteiger partial charge is 0.293 e. The van der Waals surface area contributed by atoms with Crippen LogP contribution < -0.4 is 4.74 Å². The molecule has 0 unspecified atom stereocenters. The third-order valence-corrected chi connectivity index (χ3v) is 5.32. The summed E-state index contributed by atoms with van der Waals surface area (Å²) >= 11 is 5.59. The quantitative estimate of drug-likeness (QED) is 0.231. The Hall–Kier alpha value is -3.37. The van der Waals surface area contributed by atoms with Gasteiger partial charge in [-0.25, -0.2) is 0 Å². The zero-order chi connectivity index (χ0) is 21.1. The van der Waals surface area contributed by atoms with Crippen LogP contribution in [-0.2, 0) is 17.8 Å². The number of ether oxygens (including phenoxy) is 1. The second kappa shape index (κ2) is 8.56. The van der Waals surface area contributed by atoms with Gasteiger partial charge in [0, 0.05) is 18.3 Å². The average molecular weight is 418 g/mol. The summed E-state index contributed by atoms with van der Waals surface area (Å²) in [4.78, 5) is 24.5. The van der Waals surface area contributed by atoms with Gasteiger partial charge in [-0.3, -0.25) is 9.59 Å². The van der Waals surface area contributed by atoms with Gasteiger partial charge >= 0.3 is 0 Å². The Morgan fingerprint density at radius 1 is 0.900 bits per heavy atom. The van der Waals surface area contributed by atoms with Gasteiger partial charge in [0.15, 0.2) is 0 Å². The molecule has 0 amide bonds. The summed E-state index contributed by atoms with van der Waals surface area (Å²) in [5, 5.41) is -1.00. The number of rotatable bonds is 7. The number of benzene rings is 2. The Labute approximate surface area is 179 Å². The lowest BCUT2D eigenvalue weighted by Crippen LogP contribution is -2.09. The summed E-state index contributed by atoms with van der Waals surface area (Å²) in [5.74, 6) is -0.188. The highest BCUT2D eigenvalue weighted by atomic mass is 35.5. The van der Waals surface area contributed by atoms with E-state index in [-0.39, 0.29) is 0 Å². The Kier molecular flexibility index (Phi) is 5.68. The van der Waals surface area contributed by atoms with E-state index in [1.54, 1.807) is 6.07 Å². The first-order chi connectivity index (χ1) is 14.6. The maximum atomic E-state index is 12.7. The van der Waals surface area contributed by atoms with Crippen LogP contribution in [0.3, 0.4) is 0 Å². The third-order valence-electron chi connectivity index (χ3n) is 5.15. The molecule has 0 atom stereocenters. The van der Waals surface area contributed by atoms with Crippen molar-refractivity contribution in [2.45, 2.75) is 20.0 Å². The SMILES string of the molecule is Cc1c(C(=O)C(=O)Cl)c2c(OCc3ccccc3)cccn2c1Cc1ccccc1. The van der Waals surface area contributed by atoms with Crippen LogP contribution in [0.15, 0.2) is 79.0 Å². The van der Waals surface area contributed by atoms with E-state index < -0.39 is 11.0 Å². The van der Waals surface area contributed by atoms with Crippen LogP contribution in [0, 0.1) is 6.92 Å². The van der Waals surface area contributed by atoms with Gasteiger partial charge in [-0.15, -0.1) is 0 Å². The lowest BCUT2D eigenvalue weighted by Gasteiger charge is -2.10. The van der Waals surface area contributed by atoms with E-state index in [1.165, 1.54) is 0 Å². The molecule has 0 fully saturated rings. The molecule has 0 aliphatic rings.